The molecule has 1 saturated heterocycles. The summed E-state index contributed by atoms with van der Waals surface area (Å²) >= 11 is 3.17. The Labute approximate surface area is 120 Å². The zero-order chi connectivity index (χ0) is 13.8. The van der Waals surface area contributed by atoms with Crippen LogP contribution in [0.25, 0.3) is 0 Å². The largest absolute Gasteiger partial charge is 0.472 e. The van der Waals surface area contributed by atoms with Crippen molar-refractivity contribution in [2.24, 2.45) is 5.92 Å². The Hall–Kier alpha value is -1.21. The minimum absolute atomic E-state index is 0.0985. The lowest BCUT2D eigenvalue weighted by Crippen LogP contribution is -2.34. The lowest BCUT2D eigenvalue weighted by Gasteiger charge is -2.29. The molecule has 2 rings (SSSR count). The highest BCUT2D eigenvalue weighted by atomic mass is 79.9. The first-order valence-corrected chi connectivity index (χ1v) is 6.97. The second kappa shape index (κ2) is 6.29. The van der Waals surface area contributed by atoms with Crippen LogP contribution in [0.4, 0.5) is 5.69 Å². The molecule has 0 bridgehead atoms. The summed E-state index contributed by atoms with van der Waals surface area (Å²) in [5.41, 5.74) is -0.0986. The summed E-state index contributed by atoms with van der Waals surface area (Å²) in [6.45, 7) is 2.54. The van der Waals surface area contributed by atoms with Crippen molar-refractivity contribution in [1.29, 1.82) is 0 Å². The smallest absolute Gasteiger partial charge is 0.332 e. The highest BCUT2D eigenvalue weighted by Crippen LogP contribution is 2.28. The van der Waals surface area contributed by atoms with Gasteiger partial charge in [-0.15, -0.1) is 0 Å². The summed E-state index contributed by atoms with van der Waals surface area (Å²) in [6, 6.07) is 1.41. The van der Waals surface area contributed by atoms with E-state index in [0.717, 1.165) is 25.9 Å². The lowest BCUT2D eigenvalue weighted by molar-refractivity contribution is -0.386. The van der Waals surface area contributed by atoms with Gasteiger partial charge in [-0.2, -0.15) is 0 Å². The number of nitrogens with zero attached hydrogens (tertiary/aromatic N) is 3. The predicted molar refractivity (Wildman–Crippen MR) is 74.3 cm³/mol. The van der Waals surface area contributed by atoms with E-state index in [4.69, 9.17) is 4.74 Å². The quantitative estimate of drug-likeness (QED) is 0.627. The van der Waals surface area contributed by atoms with Crippen molar-refractivity contribution in [3.05, 3.63) is 26.9 Å². The van der Waals surface area contributed by atoms with E-state index in [1.54, 1.807) is 0 Å². The molecular weight excluding hydrogens is 314 g/mol. The molecule has 0 amide bonds. The molecule has 1 atom stereocenters. The number of nitro groups is 1. The molecule has 1 aromatic heterocycles. The van der Waals surface area contributed by atoms with E-state index in [1.165, 1.54) is 12.3 Å². The van der Waals surface area contributed by atoms with Gasteiger partial charge in [-0.25, -0.2) is 4.98 Å². The number of aromatic nitrogens is 1. The molecular formula is C12H16BrN3O3. The maximum absolute atomic E-state index is 10.9. The van der Waals surface area contributed by atoms with Crippen molar-refractivity contribution in [2.75, 3.05) is 26.7 Å². The number of likely N-dealkylation sites (tertiary alicyclic amines) is 1. The summed E-state index contributed by atoms with van der Waals surface area (Å²) in [7, 11) is 2.08. The maximum atomic E-state index is 10.9. The number of piperidine rings is 1. The van der Waals surface area contributed by atoms with Gasteiger partial charge in [0.25, 0.3) is 5.88 Å². The van der Waals surface area contributed by atoms with E-state index in [2.05, 4.69) is 32.9 Å². The van der Waals surface area contributed by atoms with Crippen LogP contribution in [0.2, 0.25) is 0 Å². The second-order valence-corrected chi connectivity index (χ2v) is 5.73. The number of halogens is 1. The minimum atomic E-state index is -0.472. The van der Waals surface area contributed by atoms with Crippen LogP contribution >= 0.6 is 15.9 Å². The zero-order valence-electron chi connectivity index (χ0n) is 10.7. The van der Waals surface area contributed by atoms with Gasteiger partial charge in [0.05, 0.1) is 11.5 Å². The first kappa shape index (κ1) is 14.2. The predicted octanol–water partition coefficient (Wildman–Crippen LogP) is 2.47. The fourth-order valence-corrected chi connectivity index (χ4v) is 2.58. The molecule has 0 aromatic carbocycles. The van der Waals surface area contributed by atoms with Crippen LogP contribution in [0.15, 0.2) is 16.7 Å². The Morgan fingerprint density at radius 2 is 2.47 bits per heavy atom. The second-order valence-electron chi connectivity index (χ2n) is 4.82. The first-order chi connectivity index (χ1) is 9.06. The number of hydrogen-bond acceptors (Lipinski definition) is 5. The Kier molecular flexibility index (Phi) is 4.71. The Balaban J connectivity index is 2.01. The molecule has 6 nitrogen and oxygen atoms in total. The van der Waals surface area contributed by atoms with Crippen LogP contribution in [0.1, 0.15) is 12.8 Å². The van der Waals surface area contributed by atoms with E-state index in [9.17, 15) is 10.1 Å². The molecule has 1 unspecified atom stereocenters. The molecule has 19 heavy (non-hydrogen) atoms. The van der Waals surface area contributed by atoms with Gasteiger partial charge >= 0.3 is 5.69 Å². The van der Waals surface area contributed by atoms with Crippen molar-refractivity contribution < 1.29 is 9.66 Å². The van der Waals surface area contributed by atoms with Gasteiger partial charge in [-0.05, 0) is 42.4 Å². The topological polar surface area (TPSA) is 68.5 Å². The van der Waals surface area contributed by atoms with Gasteiger partial charge in [0.2, 0.25) is 0 Å². The zero-order valence-corrected chi connectivity index (χ0v) is 12.3. The monoisotopic (exact) mass is 329 g/mol. The maximum Gasteiger partial charge on any atom is 0.332 e. The number of hydrogen-bond donors (Lipinski definition) is 0. The molecule has 7 heteroatoms. The third-order valence-electron chi connectivity index (χ3n) is 3.17. The number of rotatable bonds is 4. The van der Waals surface area contributed by atoms with Crippen molar-refractivity contribution in [2.45, 2.75) is 12.8 Å². The highest BCUT2D eigenvalue weighted by molar-refractivity contribution is 9.10. The molecule has 0 spiro atoms. The molecule has 0 N–H and O–H groups in total. The standard InChI is InChI=1S/C12H16BrN3O3/c1-15-4-2-3-9(7-15)8-19-12-11(16(17)18)5-10(13)6-14-12/h5-6,9H,2-4,7-8H2,1H3. The van der Waals surface area contributed by atoms with Crippen LogP contribution in [0, 0.1) is 16.0 Å². The average molecular weight is 330 g/mol. The molecule has 1 aliphatic rings. The lowest BCUT2D eigenvalue weighted by atomic mass is 10.00. The van der Waals surface area contributed by atoms with Crippen LogP contribution in [0.3, 0.4) is 0 Å². The highest BCUT2D eigenvalue weighted by Gasteiger charge is 2.21. The van der Waals surface area contributed by atoms with Gasteiger partial charge in [0.1, 0.15) is 0 Å². The van der Waals surface area contributed by atoms with Crippen LogP contribution < -0.4 is 4.74 Å². The fourth-order valence-electron chi connectivity index (χ4n) is 2.26. The fraction of sp³-hybridized carbons (Fsp3) is 0.583. The van der Waals surface area contributed by atoms with E-state index >= 15 is 0 Å². The Bertz CT molecular complexity index is 470. The normalized spacial score (nSPS) is 20.2. The summed E-state index contributed by atoms with van der Waals surface area (Å²) in [5.74, 6) is 0.505. The van der Waals surface area contributed by atoms with E-state index in [0.29, 0.717) is 17.0 Å². The number of ether oxygens (including phenoxy) is 1. The summed E-state index contributed by atoms with van der Waals surface area (Å²) < 4.78 is 6.11. The van der Waals surface area contributed by atoms with Gasteiger partial charge in [-0.1, -0.05) is 0 Å². The van der Waals surface area contributed by atoms with Gasteiger partial charge in [-0.3, -0.25) is 10.1 Å². The molecule has 104 valence electrons. The number of pyridine rings is 1. The molecule has 1 aliphatic heterocycles. The molecule has 1 aromatic rings. The average Bonchev–Trinajstić information content (AvgIpc) is 2.37. The molecule has 0 aliphatic carbocycles. The van der Waals surface area contributed by atoms with Crippen molar-refractivity contribution in [1.82, 2.24) is 9.88 Å². The minimum Gasteiger partial charge on any atom is -0.472 e. The first-order valence-electron chi connectivity index (χ1n) is 6.17. The van der Waals surface area contributed by atoms with Gasteiger partial charge in [0, 0.05) is 29.2 Å². The van der Waals surface area contributed by atoms with Crippen molar-refractivity contribution in [3.63, 3.8) is 0 Å². The molecule has 2 heterocycles. The summed E-state index contributed by atoms with van der Waals surface area (Å²) in [4.78, 5) is 16.7. The van der Waals surface area contributed by atoms with Crippen molar-refractivity contribution >= 4 is 21.6 Å². The van der Waals surface area contributed by atoms with E-state index in [1.807, 2.05) is 0 Å². The van der Waals surface area contributed by atoms with Crippen molar-refractivity contribution in [3.8, 4) is 5.88 Å². The van der Waals surface area contributed by atoms with Gasteiger partial charge < -0.3 is 9.64 Å². The van der Waals surface area contributed by atoms with Crippen LogP contribution in [-0.4, -0.2) is 41.6 Å². The third kappa shape index (κ3) is 3.87. The van der Waals surface area contributed by atoms with Crippen LogP contribution in [0.5, 0.6) is 5.88 Å². The summed E-state index contributed by atoms with van der Waals surface area (Å²) in [5, 5.41) is 10.9. The SMILES string of the molecule is CN1CCCC(COc2ncc(Br)cc2[N+](=O)[O-])C1. The Morgan fingerprint density at radius 3 is 3.16 bits per heavy atom. The summed E-state index contributed by atoms with van der Waals surface area (Å²) in [6.07, 6.45) is 3.74. The Morgan fingerprint density at radius 1 is 1.68 bits per heavy atom. The van der Waals surface area contributed by atoms with E-state index in [-0.39, 0.29) is 11.6 Å². The van der Waals surface area contributed by atoms with E-state index < -0.39 is 4.92 Å². The molecule has 0 radical (unpaired) electrons. The molecule has 0 saturated carbocycles. The molecule has 1 fully saturated rings. The van der Waals surface area contributed by atoms with Gasteiger partial charge in [0.15, 0.2) is 0 Å². The third-order valence-corrected chi connectivity index (χ3v) is 3.61. The van der Waals surface area contributed by atoms with Crippen LogP contribution in [-0.2, 0) is 0 Å².